The number of benzene rings is 1. The molecule has 1 aromatic carbocycles. The normalized spacial score (nSPS) is 18.1. The molecule has 1 aliphatic carbocycles. The van der Waals surface area contributed by atoms with Gasteiger partial charge in [0.05, 0.1) is 5.54 Å². The van der Waals surface area contributed by atoms with Gasteiger partial charge in [0.1, 0.15) is 0 Å². The summed E-state index contributed by atoms with van der Waals surface area (Å²) in [6, 6.07) is 3.22. The van der Waals surface area contributed by atoms with Crippen molar-refractivity contribution >= 4 is 21.8 Å². The van der Waals surface area contributed by atoms with Crippen molar-refractivity contribution in [1.82, 2.24) is 5.32 Å². The Morgan fingerprint density at radius 3 is 2.47 bits per heavy atom. The van der Waals surface area contributed by atoms with Gasteiger partial charge in [-0.05, 0) is 31.0 Å². The Morgan fingerprint density at radius 1 is 1.21 bits per heavy atom. The van der Waals surface area contributed by atoms with E-state index in [1.807, 2.05) is 0 Å². The number of hydrogen-bond donors (Lipinski definition) is 1. The highest BCUT2D eigenvalue weighted by Crippen LogP contribution is 2.30. The van der Waals surface area contributed by atoms with Gasteiger partial charge in [0.25, 0.3) is 5.91 Å². The Bertz CT molecular complexity index is 473. The van der Waals surface area contributed by atoms with Gasteiger partial charge in [-0.3, -0.25) is 4.79 Å². The minimum atomic E-state index is -0.996. The van der Waals surface area contributed by atoms with Crippen molar-refractivity contribution < 1.29 is 13.6 Å². The number of carbonyl (C=O) groups is 1. The summed E-state index contributed by atoms with van der Waals surface area (Å²) in [7, 11) is 0. The van der Waals surface area contributed by atoms with Crippen LogP contribution in [0, 0.1) is 11.6 Å². The first-order chi connectivity index (χ1) is 9.06. The fraction of sp³-hybridized carbons (Fsp3) is 0.500. The third-order valence-electron chi connectivity index (χ3n) is 3.63. The topological polar surface area (TPSA) is 29.1 Å². The second-order valence-electron chi connectivity index (χ2n) is 5.06. The van der Waals surface area contributed by atoms with Gasteiger partial charge in [-0.25, -0.2) is 8.78 Å². The van der Waals surface area contributed by atoms with Crippen LogP contribution < -0.4 is 5.32 Å². The van der Waals surface area contributed by atoms with Crippen LogP contribution in [0.3, 0.4) is 0 Å². The highest BCUT2D eigenvalue weighted by molar-refractivity contribution is 9.09. The van der Waals surface area contributed by atoms with Crippen LogP contribution in [0.15, 0.2) is 18.2 Å². The minimum absolute atomic E-state index is 0.157. The molecule has 1 fully saturated rings. The Labute approximate surface area is 119 Å². The van der Waals surface area contributed by atoms with E-state index < -0.39 is 11.6 Å². The van der Waals surface area contributed by atoms with Crippen molar-refractivity contribution in [2.24, 2.45) is 0 Å². The van der Waals surface area contributed by atoms with Gasteiger partial charge in [0.15, 0.2) is 11.6 Å². The third kappa shape index (κ3) is 3.32. The molecule has 0 unspecified atom stereocenters. The fourth-order valence-corrected chi connectivity index (χ4v) is 3.17. The summed E-state index contributed by atoms with van der Waals surface area (Å²) in [5.41, 5.74) is -0.106. The van der Waals surface area contributed by atoms with Gasteiger partial charge >= 0.3 is 0 Å². The molecule has 0 heterocycles. The number of alkyl halides is 1. The summed E-state index contributed by atoms with van der Waals surface area (Å²) in [4.78, 5) is 12.1. The monoisotopic (exact) mass is 331 g/mol. The lowest BCUT2D eigenvalue weighted by molar-refractivity contribution is 0.0886. The van der Waals surface area contributed by atoms with Crippen LogP contribution in [0.2, 0.25) is 0 Å². The zero-order chi connectivity index (χ0) is 13.9. The first-order valence-electron chi connectivity index (χ1n) is 6.40. The van der Waals surface area contributed by atoms with Crippen molar-refractivity contribution in [3.05, 3.63) is 35.4 Å². The van der Waals surface area contributed by atoms with Gasteiger partial charge in [0.2, 0.25) is 0 Å². The number of rotatable bonds is 3. The van der Waals surface area contributed by atoms with Crippen LogP contribution >= 0.6 is 15.9 Å². The maximum absolute atomic E-state index is 13.1. The first kappa shape index (κ1) is 14.4. The van der Waals surface area contributed by atoms with E-state index in [0.717, 1.165) is 37.8 Å². The lowest BCUT2D eigenvalue weighted by Gasteiger charge is -2.36. The third-order valence-corrected chi connectivity index (χ3v) is 4.70. The fourth-order valence-electron chi connectivity index (χ4n) is 2.47. The van der Waals surface area contributed by atoms with Gasteiger partial charge < -0.3 is 5.32 Å². The van der Waals surface area contributed by atoms with E-state index in [-0.39, 0.29) is 17.0 Å². The van der Waals surface area contributed by atoms with Gasteiger partial charge in [-0.15, -0.1) is 0 Å². The Kier molecular flexibility index (Phi) is 4.55. The van der Waals surface area contributed by atoms with E-state index in [1.54, 1.807) is 0 Å². The number of carbonyl (C=O) groups excluding carboxylic acids is 1. The minimum Gasteiger partial charge on any atom is -0.346 e. The molecule has 104 valence electrons. The summed E-state index contributed by atoms with van der Waals surface area (Å²) in [6.07, 6.45) is 5.14. The van der Waals surface area contributed by atoms with Crippen molar-refractivity contribution in [3.63, 3.8) is 0 Å². The molecule has 2 nitrogen and oxygen atoms in total. The van der Waals surface area contributed by atoms with E-state index in [0.29, 0.717) is 5.33 Å². The molecule has 0 aliphatic heterocycles. The quantitative estimate of drug-likeness (QED) is 0.839. The molecule has 19 heavy (non-hydrogen) atoms. The predicted molar refractivity (Wildman–Crippen MR) is 73.4 cm³/mol. The number of amides is 1. The number of halogens is 3. The zero-order valence-electron chi connectivity index (χ0n) is 10.5. The Morgan fingerprint density at radius 2 is 1.89 bits per heavy atom. The number of nitrogens with one attached hydrogen (secondary N) is 1. The van der Waals surface area contributed by atoms with Crippen molar-refractivity contribution in [2.45, 2.75) is 37.6 Å². The van der Waals surface area contributed by atoms with Crippen LogP contribution in [0.4, 0.5) is 8.78 Å². The Balaban J connectivity index is 2.12. The zero-order valence-corrected chi connectivity index (χ0v) is 12.1. The van der Waals surface area contributed by atoms with Crippen molar-refractivity contribution in [1.29, 1.82) is 0 Å². The standard InChI is InChI=1S/C14H16BrF2NO/c15-9-14(6-2-1-3-7-14)18-13(19)10-4-5-11(16)12(17)8-10/h4-5,8H,1-3,6-7,9H2,(H,18,19). The van der Waals surface area contributed by atoms with Crippen molar-refractivity contribution in [2.75, 3.05) is 5.33 Å². The average Bonchev–Trinajstić information content (AvgIpc) is 2.43. The molecular formula is C14H16BrF2NO. The molecule has 0 aromatic heterocycles. The van der Waals surface area contributed by atoms with E-state index in [2.05, 4.69) is 21.2 Å². The van der Waals surface area contributed by atoms with E-state index in [9.17, 15) is 13.6 Å². The molecule has 1 aliphatic rings. The maximum Gasteiger partial charge on any atom is 0.251 e. The van der Waals surface area contributed by atoms with Crippen molar-refractivity contribution in [3.8, 4) is 0 Å². The Hall–Kier alpha value is -0.970. The average molecular weight is 332 g/mol. The molecule has 0 radical (unpaired) electrons. The summed E-state index contributed by atoms with van der Waals surface area (Å²) < 4.78 is 26.0. The molecule has 0 saturated heterocycles. The molecule has 0 atom stereocenters. The summed E-state index contributed by atoms with van der Waals surface area (Å²) in [6.45, 7) is 0. The maximum atomic E-state index is 13.1. The molecule has 0 bridgehead atoms. The van der Waals surface area contributed by atoms with E-state index >= 15 is 0 Å². The molecule has 0 spiro atoms. The molecule has 2 rings (SSSR count). The molecule has 1 saturated carbocycles. The highest BCUT2D eigenvalue weighted by atomic mass is 79.9. The summed E-state index contributed by atoms with van der Waals surface area (Å²) >= 11 is 3.45. The van der Waals surface area contributed by atoms with Crippen LogP contribution in [-0.2, 0) is 0 Å². The number of hydrogen-bond acceptors (Lipinski definition) is 1. The second kappa shape index (κ2) is 5.99. The SMILES string of the molecule is O=C(NC1(CBr)CCCCC1)c1ccc(F)c(F)c1. The molecule has 5 heteroatoms. The van der Waals surface area contributed by atoms with Crippen LogP contribution in [-0.4, -0.2) is 16.8 Å². The molecule has 1 amide bonds. The van der Waals surface area contributed by atoms with E-state index in [4.69, 9.17) is 0 Å². The molecule has 1 N–H and O–H groups in total. The first-order valence-corrected chi connectivity index (χ1v) is 7.52. The van der Waals surface area contributed by atoms with Gasteiger partial charge in [-0.2, -0.15) is 0 Å². The second-order valence-corrected chi connectivity index (χ2v) is 5.62. The lowest BCUT2D eigenvalue weighted by atomic mass is 9.83. The lowest BCUT2D eigenvalue weighted by Crippen LogP contribution is -2.51. The molecular weight excluding hydrogens is 316 g/mol. The van der Waals surface area contributed by atoms with Crippen LogP contribution in [0.25, 0.3) is 0 Å². The summed E-state index contributed by atoms with van der Waals surface area (Å²) in [5, 5.41) is 3.65. The summed E-state index contributed by atoms with van der Waals surface area (Å²) in [5.74, 6) is -2.28. The van der Waals surface area contributed by atoms with Gasteiger partial charge in [-0.1, -0.05) is 35.2 Å². The highest BCUT2D eigenvalue weighted by Gasteiger charge is 2.32. The van der Waals surface area contributed by atoms with Crippen LogP contribution in [0.1, 0.15) is 42.5 Å². The van der Waals surface area contributed by atoms with Crippen LogP contribution in [0.5, 0.6) is 0 Å². The predicted octanol–water partition coefficient (Wildman–Crippen LogP) is 3.79. The molecule has 1 aromatic rings. The largest absolute Gasteiger partial charge is 0.346 e. The smallest absolute Gasteiger partial charge is 0.251 e. The van der Waals surface area contributed by atoms with Gasteiger partial charge in [0, 0.05) is 10.9 Å². The van der Waals surface area contributed by atoms with E-state index in [1.165, 1.54) is 12.5 Å².